The van der Waals surface area contributed by atoms with Crippen LogP contribution < -0.4 is 0 Å². The molecule has 0 radical (unpaired) electrons. The molecular formula is C24H46N4O2. The summed E-state index contributed by atoms with van der Waals surface area (Å²) in [6, 6.07) is 0.563. The van der Waals surface area contributed by atoms with Crippen LogP contribution in [0.25, 0.3) is 0 Å². The molecule has 2 aliphatic rings. The van der Waals surface area contributed by atoms with Gasteiger partial charge in [0.05, 0.1) is 12.1 Å². The summed E-state index contributed by atoms with van der Waals surface area (Å²) in [6.45, 7) is 16.7. The molecule has 0 amide bonds. The molecule has 0 aromatic heterocycles. The van der Waals surface area contributed by atoms with Gasteiger partial charge in [-0.1, -0.05) is 0 Å². The zero-order chi connectivity index (χ0) is 22.8. The molecule has 6 heteroatoms. The van der Waals surface area contributed by atoms with Gasteiger partial charge in [-0.05, 0) is 119 Å². The zero-order valence-corrected chi connectivity index (χ0v) is 20.6. The van der Waals surface area contributed by atoms with Crippen LogP contribution in [0.15, 0.2) is 9.98 Å². The van der Waals surface area contributed by atoms with E-state index in [0.29, 0.717) is 0 Å². The first kappa shape index (κ1) is 25.4. The Morgan fingerprint density at radius 1 is 0.633 bits per heavy atom. The van der Waals surface area contributed by atoms with Crippen molar-refractivity contribution in [1.82, 2.24) is 10.1 Å². The smallest absolute Gasteiger partial charge is 0.0532 e. The van der Waals surface area contributed by atoms with Crippen LogP contribution in [0.3, 0.4) is 0 Å². The summed E-state index contributed by atoms with van der Waals surface area (Å²) in [5.41, 5.74) is -0.962. The Morgan fingerprint density at radius 3 is 1.17 bits per heavy atom. The van der Waals surface area contributed by atoms with E-state index in [1.807, 2.05) is 0 Å². The van der Waals surface area contributed by atoms with Crippen LogP contribution in [0.5, 0.6) is 0 Å². The number of nitrogens with zero attached hydrogens (tertiary/aromatic N) is 4. The van der Waals surface area contributed by atoms with Crippen molar-refractivity contribution in [1.29, 1.82) is 0 Å². The van der Waals surface area contributed by atoms with Gasteiger partial charge in [-0.2, -0.15) is 10.1 Å². The van der Waals surface area contributed by atoms with Gasteiger partial charge in [0, 0.05) is 22.2 Å². The number of piperidine rings is 2. The second-order valence-electron chi connectivity index (χ2n) is 11.9. The van der Waals surface area contributed by atoms with Crippen molar-refractivity contribution in [3.63, 3.8) is 0 Å². The van der Waals surface area contributed by atoms with Gasteiger partial charge >= 0.3 is 0 Å². The average Bonchev–Trinajstić information content (AvgIpc) is 2.59. The third kappa shape index (κ3) is 6.35. The summed E-state index contributed by atoms with van der Waals surface area (Å²) in [5, 5.41) is 23.8. The van der Waals surface area contributed by atoms with Crippen molar-refractivity contribution in [2.45, 2.75) is 141 Å². The van der Waals surface area contributed by atoms with Crippen molar-refractivity contribution < 1.29 is 10.4 Å². The highest BCUT2D eigenvalue weighted by atomic mass is 16.5. The lowest BCUT2D eigenvalue weighted by atomic mass is 9.79. The summed E-state index contributed by atoms with van der Waals surface area (Å²) >= 11 is 0. The van der Waals surface area contributed by atoms with Gasteiger partial charge < -0.3 is 10.4 Å². The van der Waals surface area contributed by atoms with E-state index in [4.69, 9.17) is 9.98 Å². The maximum Gasteiger partial charge on any atom is 0.0532 e. The van der Waals surface area contributed by atoms with Crippen LogP contribution in [0.1, 0.15) is 107 Å². The van der Waals surface area contributed by atoms with Gasteiger partial charge in [-0.25, -0.2) is 0 Å². The summed E-state index contributed by atoms with van der Waals surface area (Å²) < 4.78 is 0. The summed E-state index contributed by atoms with van der Waals surface area (Å²) in [6.07, 6.45) is 11.9. The van der Waals surface area contributed by atoms with Crippen molar-refractivity contribution in [3.8, 4) is 0 Å². The molecule has 6 nitrogen and oxygen atoms in total. The lowest BCUT2D eigenvalue weighted by Gasteiger charge is -2.50. The van der Waals surface area contributed by atoms with Gasteiger partial charge in [0.25, 0.3) is 0 Å². The lowest BCUT2D eigenvalue weighted by Crippen LogP contribution is -2.59. The predicted octanol–water partition coefficient (Wildman–Crippen LogP) is 5.51. The van der Waals surface area contributed by atoms with E-state index in [2.05, 4.69) is 67.8 Å². The third-order valence-electron chi connectivity index (χ3n) is 6.78. The number of aliphatic imine (C=N–C) groups is 2. The molecule has 30 heavy (non-hydrogen) atoms. The Kier molecular flexibility index (Phi) is 7.93. The molecular weight excluding hydrogens is 376 g/mol. The molecule has 0 unspecified atom stereocenters. The average molecular weight is 423 g/mol. The SMILES string of the molecule is CC1(C)CC(N=CCCCCC=NC2CC(C)(C)N(O)C(C)(C)C2)CC(C)(C)N1O. The van der Waals surface area contributed by atoms with E-state index < -0.39 is 0 Å². The lowest BCUT2D eigenvalue weighted by molar-refractivity contribution is -0.244. The minimum absolute atomic E-state index is 0.241. The predicted molar refractivity (Wildman–Crippen MR) is 125 cm³/mol. The fourth-order valence-electron chi connectivity index (χ4n) is 5.56. The van der Waals surface area contributed by atoms with Crippen LogP contribution in [0, 0.1) is 0 Å². The van der Waals surface area contributed by atoms with Crippen LogP contribution in [0.2, 0.25) is 0 Å². The minimum Gasteiger partial charge on any atom is -0.313 e. The van der Waals surface area contributed by atoms with E-state index in [1.54, 1.807) is 0 Å². The van der Waals surface area contributed by atoms with Crippen molar-refractivity contribution in [2.75, 3.05) is 0 Å². The van der Waals surface area contributed by atoms with Crippen molar-refractivity contribution in [2.24, 2.45) is 9.98 Å². The topological polar surface area (TPSA) is 71.7 Å². The first-order chi connectivity index (χ1) is 13.7. The second kappa shape index (κ2) is 9.35. The van der Waals surface area contributed by atoms with Gasteiger partial charge in [0.1, 0.15) is 0 Å². The first-order valence-corrected chi connectivity index (χ1v) is 11.7. The number of unbranched alkanes of at least 4 members (excludes halogenated alkanes) is 3. The maximum atomic E-state index is 10.4. The van der Waals surface area contributed by atoms with Crippen LogP contribution in [-0.2, 0) is 0 Å². The van der Waals surface area contributed by atoms with Gasteiger partial charge in [-0.15, -0.1) is 0 Å². The van der Waals surface area contributed by atoms with E-state index in [-0.39, 0.29) is 34.2 Å². The second-order valence-corrected chi connectivity index (χ2v) is 11.9. The maximum absolute atomic E-state index is 10.4. The molecule has 0 aliphatic carbocycles. The molecule has 2 rings (SSSR count). The van der Waals surface area contributed by atoms with Crippen molar-refractivity contribution in [3.05, 3.63) is 0 Å². The first-order valence-electron chi connectivity index (χ1n) is 11.7. The van der Waals surface area contributed by atoms with Crippen molar-refractivity contribution >= 4 is 12.4 Å². The Balaban J connectivity index is 1.70. The van der Waals surface area contributed by atoms with E-state index in [1.165, 1.54) is 10.1 Å². The molecule has 0 spiro atoms. The highest BCUT2D eigenvalue weighted by molar-refractivity contribution is 5.59. The number of hydrogen-bond acceptors (Lipinski definition) is 6. The molecule has 2 aliphatic heterocycles. The van der Waals surface area contributed by atoms with Gasteiger partial charge in [-0.3, -0.25) is 9.98 Å². The highest BCUT2D eigenvalue weighted by Gasteiger charge is 2.45. The molecule has 0 aromatic rings. The Bertz CT molecular complexity index is 535. The molecule has 0 saturated carbocycles. The van der Waals surface area contributed by atoms with Crippen LogP contribution >= 0.6 is 0 Å². The third-order valence-corrected chi connectivity index (χ3v) is 6.78. The highest BCUT2D eigenvalue weighted by Crippen LogP contribution is 2.38. The fraction of sp³-hybridized carbons (Fsp3) is 0.917. The molecule has 2 N–H and O–H groups in total. The van der Waals surface area contributed by atoms with E-state index >= 15 is 0 Å². The molecule has 174 valence electrons. The number of rotatable bonds is 7. The molecule has 2 fully saturated rings. The quantitative estimate of drug-likeness (QED) is 0.419. The molecule has 0 bridgehead atoms. The Morgan fingerprint density at radius 2 is 0.900 bits per heavy atom. The Labute approximate surface area is 184 Å². The summed E-state index contributed by atoms with van der Waals surface area (Å²) in [7, 11) is 0. The monoisotopic (exact) mass is 422 g/mol. The summed E-state index contributed by atoms with van der Waals surface area (Å²) in [4.78, 5) is 9.63. The molecule has 0 aromatic carbocycles. The van der Waals surface area contributed by atoms with Gasteiger partial charge in [0.2, 0.25) is 0 Å². The molecule has 2 heterocycles. The van der Waals surface area contributed by atoms with Gasteiger partial charge in [0.15, 0.2) is 0 Å². The summed E-state index contributed by atoms with van der Waals surface area (Å²) in [5.74, 6) is 0. The number of hydrogen-bond donors (Lipinski definition) is 2. The molecule has 0 atom stereocenters. The number of hydroxylamine groups is 4. The largest absolute Gasteiger partial charge is 0.313 e. The zero-order valence-electron chi connectivity index (χ0n) is 20.6. The van der Waals surface area contributed by atoms with E-state index in [9.17, 15) is 10.4 Å². The minimum atomic E-state index is -0.241. The Hall–Kier alpha value is -0.820. The fourth-order valence-corrected chi connectivity index (χ4v) is 5.56. The normalized spacial score (nSPS) is 27.9. The van der Waals surface area contributed by atoms with Crippen LogP contribution in [0.4, 0.5) is 0 Å². The molecule has 2 saturated heterocycles. The van der Waals surface area contributed by atoms with E-state index in [0.717, 1.165) is 51.4 Å². The van der Waals surface area contributed by atoms with Crippen LogP contribution in [-0.4, -0.2) is 67.2 Å². The standard InChI is InChI=1S/C24H46N4O2/c1-21(2)15-19(16-22(3,4)27(21)29)25-13-11-9-10-12-14-26-20-17-23(5,6)28(30)24(7,8)18-20/h13-14,19-20,29-30H,9-12,15-18H2,1-8H3.